The van der Waals surface area contributed by atoms with Gasteiger partial charge in [0.2, 0.25) is 11.8 Å². The first-order valence-corrected chi connectivity index (χ1v) is 10.0. The van der Waals surface area contributed by atoms with Gasteiger partial charge in [0.05, 0.1) is 13.0 Å². The van der Waals surface area contributed by atoms with E-state index in [4.69, 9.17) is 21.4 Å². The summed E-state index contributed by atoms with van der Waals surface area (Å²) in [6, 6.07) is 6.32. The van der Waals surface area contributed by atoms with Crippen molar-refractivity contribution in [3.63, 3.8) is 0 Å². The van der Waals surface area contributed by atoms with Crippen LogP contribution in [0.2, 0.25) is 5.02 Å². The van der Waals surface area contributed by atoms with Crippen molar-refractivity contribution in [3.05, 3.63) is 29.3 Å². The second kappa shape index (κ2) is 11.7. The topological polar surface area (TPSA) is 105 Å². The molecule has 0 saturated carbocycles. The number of nitrogens with one attached hydrogen (secondary N) is 2. The molecule has 1 rings (SSSR count). The molecule has 2 amide bonds. The van der Waals surface area contributed by atoms with Crippen molar-refractivity contribution in [2.45, 2.75) is 52.5 Å². The maximum absolute atomic E-state index is 12.7. The van der Waals surface area contributed by atoms with Crippen LogP contribution in [0.3, 0.4) is 0 Å². The number of carboxylic acid groups (broad SMARTS) is 1. The van der Waals surface area contributed by atoms with Gasteiger partial charge in [0.25, 0.3) is 0 Å². The monoisotopic (exact) mass is 426 g/mol. The van der Waals surface area contributed by atoms with Gasteiger partial charge in [-0.3, -0.25) is 14.4 Å². The first kappa shape index (κ1) is 24.8. The lowest BCUT2D eigenvalue weighted by Gasteiger charge is -2.31. The summed E-state index contributed by atoms with van der Waals surface area (Å²) >= 11 is 5.91. The first-order valence-electron chi connectivity index (χ1n) is 9.66. The molecule has 1 aromatic rings. The largest absolute Gasteiger partial charge is 0.494 e. The van der Waals surface area contributed by atoms with Gasteiger partial charge >= 0.3 is 5.97 Å². The van der Waals surface area contributed by atoms with Crippen LogP contribution < -0.4 is 15.4 Å². The highest BCUT2D eigenvalue weighted by molar-refractivity contribution is 6.30. The van der Waals surface area contributed by atoms with Crippen molar-refractivity contribution in [2.24, 2.45) is 11.3 Å². The molecule has 0 aliphatic rings. The lowest BCUT2D eigenvalue weighted by Crippen LogP contribution is -2.54. The third kappa shape index (κ3) is 9.17. The van der Waals surface area contributed by atoms with Gasteiger partial charge in [-0.1, -0.05) is 38.4 Å². The van der Waals surface area contributed by atoms with Crippen molar-refractivity contribution in [1.29, 1.82) is 0 Å². The van der Waals surface area contributed by atoms with Gasteiger partial charge in [0, 0.05) is 18.0 Å². The highest BCUT2D eigenvalue weighted by atomic mass is 35.5. The van der Waals surface area contributed by atoms with Crippen LogP contribution in [0.5, 0.6) is 5.75 Å². The Morgan fingerprint density at radius 1 is 1.17 bits per heavy atom. The molecule has 0 unspecified atom stereocenters. The fourth-order valence-corrected chi connectivity index (χ4v) is 3.04. The number of ether oxygens (including phenoxy) is 1. The Labute approximate surface area is 177 Å². The molecule has 0 bridgehead atoms. The first-order chi connectivity index (χ1) is 13.5. The molecule has 0 aliphatic carbocycles. The summed E-state index contributed by atoms with van der Waals surface area (Å²) in [5, 5.41) is 15.0. The van der Waals surface area contributed by atoms with E-state index in [9.17, 15) is 14.4 Å². The SMILES string of the molecule is CNC(=O)[C@@H](NC(=O)[C@H](CCCCOc1cccc(Cl)c1)CC(=O)O)C(C)(C)C. The number of halogens is 1. The Morgan fingerprint density at radius 3 is 2.41 bits per heavy atom. The standard InChI is InChI=1S/C21H31ClN2O5/c1-21(2,3)18(20(28)23-4)24-19(27)14(12-17(25)26)8-5-6-11-29-16-10-7-9-15(22)13-16/h7,9-10,13-14,18H,5-6,8,11-12H2,1-4H3,(H,23,28)(H,24,27)(H,25,26)/t14-,18-/m1/s1. The molecule has 0 aromatic heterocycles. The average Bonchev–Trinajstić information content (AvgIpc) is 2.63. The minimum Gasteiger partial charge on any atom is -0.494 e. The zero-order valence-electron chi connectivity index (χ0n) is 17.5. The van der Waals surface area contributed by atoms with Crippen molar-refractivity contribution >= 4 is 29.4 Å². The second-order valence-electron chi connectivity index (χ2n) is 8.02. The van der Waals surface area contributed by atoms with E-state index in [-0.39, 0.29) is 12.3 Å². The summed E-state index contributed by atoms with van der Waals surface area (Å²) in [5.41, 5.74) is -0.506. The highest BCUT2D eigenvalue weighted by Crippen LogP contribution is 2.22. The minimum atomic E-state index is -1.05. The lowest BCUT2D eigenvalue weighted by molar-refractivity contribution is -0.142. The Bertz CT molecular complexity index is 703. The number of carbonyl (C=O) groups excluding carboxylic acids is 2. The predicted molar refractivity (Wildman–Crippen MR) is 112 cm³/mol. The fourth-order valence-electron chi connectivity index (χ4n) is 2.86. The molecule has 2 atom stereocenters. The number of likely N-dealkylation sites (N-methyl/N-ethyl adjacent to an activating group) is 1. The third-order valence-corrected chi connectivity index (χ3v) is 4.70. The summed E-state index contributed by atoms with van der Waals surface area (Å²) in [7, 11) is 1.50. The number of carbonyl (C=O) groups is 3. The Morgan fingerprint density at radius 2 is 1.86 bits per heavy atom. The maximum Gasteiger partial charge on any atom is 0.304 e. The molecular formula is C21H31ClN2O5. The van der Waals surface area contributed by atoms with Crippen LogP contribution in [-0.4, -0.2) is 42.6 Å². The molecular weight excluding hydrogens is 396 g/mol. The number of carboxylic acids is 1. The van der Waals surface area contributed by atoms with Gasteiger partial charge < -0.3 is 20.5 Å². The molecule has 0 spiro atoms. The van der Waals surface area contributed by atoms with E-state index >= 15 is 0 Å². The minimum absolute atomic E-state index is 0.286. The van der Waals surface area contributed by atoms with E-state index < -0.39 is 29.3 Å². The second-order valence-corrected chi connectivity index (χ2v) is 8.45. The van der Waals surface area contributed by atoms with Crippen LogP contribution in [0.4, 0.5) is 0 Å². The molecule has 0 aliphatic heterocycles. The average molecular weight is 427 g/mol. The Balaban J connectivity index is 2.60. The molecule has 7 nitrogen and oxygen atoms in total. The van der Waals surface area contributed by atoms with Gasteiger partial charge in [-0.25, -0.2) is 0 Å². The maximum atomic E-state index is 12.7. The van der Waals surface area contributed by atoms with Gasteiger partial charge in [-0.05, 0) is 42.9 Å². The van der Waals surface area contributed by atoms with Crippen molar-refractivity contribution in [2.75, 3.05) is 13.7 Å². The smallest absolute Gasteiger partial charge is 0.304 e. The van der Waals surface area contributed by atoms with Crippen LogP contribution in [0.15, 0.2) is 24.3 Å². The quantitative estimate of drug-likeness (QED) is 0.471. The van der Waals surface area contributed by atoms with E-state index in [0.29, 0.717) is 36.6 Å². The summed E-state index contributed by atoms with van der Waals surface area (Å²) in [6.45, 7) is 5.95. The zero-order valence-corrected chi connectivity index (χ0v) is 18.2. The van der Waals surface area contributed by atoms with Crippen molar-refractivity contribution < 1.29 is 24.2 Å². The number of aliphatic carboxylic acids is 1. The molecule has 3 N–H and O–H groups in total. The Kier molecular flexibility index (Phi) is 9.95. The number of benzene rings is 1. The number of rotatable bonds is 11. The van der Waals surface area contributed by atoms with E-state index in [1.54, 1.807) is 24.3 Å². The fraction of sp³-hybridized carbons (Fsp3) is 0.571. The number of amides is 2. The van der Waals surface area contributed by atoms with E-state index in [1.807, 2.05) is 20.8 Å². The molecule has 29 heavy (non-hydrogen) atoms. The van der Waals surface area contributed by atoms with Crippen LogP contribution in [-0.2, 0) is 14.4 Å². The van der Waals surface area contributed by atoms with E-state index in [0.717, 1.165) is 0 Å². The van der Waals surface area contributed by atoms with E-state index in [2.05, 4.69) is 10.6 Å². The third-order valence-electron chi connectivity index (χ3n) is 4.46. The number of unbranched alkanes of at least 4 members (excludes halogenated alkanes) is 1. The molecule has 0 heterocycles. The van der Waals surface area contributed by atoms with Crippen LogP contribution in [0.1, 0.15) is 46.5 Å². The molecule has 1 aromatic carbocycles. The molecule has 0 fully saturated rings. The number of hydrogen-bond acceptors (Lipinski definition) is 4. The van der Waals surface area contributed by atoms with Gasteiger partial charge in [-0.2, -0.15) is 0 Å². The molecule has 162 valence electrons. The van der Waals surface area contributed by atoms with Crippen molar-refractivity contribution in [3.8, 4) is 5.75 Å². The van der Waals surface area contributed by atoms with Gasteiger partial charge in [0.1, 0.15) is 11.8 Å². The summed E-state index contributed by atoms with van der Waals surface area (Å²) in [6.07, 6.45) is 1.38. The van der Waals surface area contributed by atoms with Crippen molar-refractivity contribution in [1.82, 2.24) is 10.6 Å². The van der Waals surface area contributed by atoms with Gasteiger partial charge in [-0.15, -0.1) is 0 Å². The summed E-state index contributed by atoms with van der Waals surface area (Å²) in [5.74, 6) is -1.83. The highest BCUT2D eigenvalue weighted by Gasteiger charge is 2.34. The van der Waals surface area contributed by atoms with Crippen LogP contribution in [0, 0.1) is 11.3 Å². The predicted octanol–water partition coefficient (Wildman–Crippen LogP) is 3.26. The van der Waals surface area contributed by atoms with Gasteiger partial charge in [0.15, 0.2) is 0 Å². The number of hydrogen-bond donors (Lipinski definition) is 3. The van der Waals surface area contributed by atoms with E-state index in [1.165, 1.54) is 7.05 Å². The summed E-state index contributed by atoms with van der Waals surface area (Å²) in [4.78, 5) is 36.0. The molecule has 0 saturated heterocycles. The molecule has 8 heteroatoms. The van der Waals surface area contributed by atoms with Crippen LogP contribution >= 0.6 is 11.6 Å². The Hall–Kier alpha value is -2.28. The zero-order chi connectivity index (χ0) is 22.0. The molecule has 0 radical (unpaired) electrons. The normalized spacial score (nSPS) is 13.3. The van der Waals surface area contributed by atoms with Crippen LogP contribution in [0.25, 0.3) is 0 Å². The summed E-state index contributed by atoms with van der Waals surface area (Å²) < 4.78 is 5.61. The lowest BCUT2D eigenvalue weighted by atomic mass is 9.85.